The third-order valence-corrected chi connectivity index (χ3v) is 5.39. The fourth-order valence-electron chi connectivity index (χ4n) is 2.97. The molecule has 0 radical (unpaired) electrons. The van der Waals surface area contributed by atoms with Crippen molar-refractivity contribution in [2.75, 3.05) is 46.1 Å². The van der Waals surface area contributed by atoms with E-state index in [1.807, 2.05) is 11.3 Å². The van der Waals surface area contributed by atoms with Crippen LogP contribution in [0.1, 0.15) is 38.0 Å². The highest BCUT2D eigenvalue weighted by Crippen LogP contribution is 2.15. The second-order valence-corrected chi connectivity index (χ2v) is 8.05. The number of nitrogens with zero attached hydrogens (tertiary/aromatic N) is 1. The van der Waals surface area contributed by atoms with Crippen molar-refractivity contribution in [1.82, 2.24) is 10.6 Å². The van der Waals surface area contributed by atoms with E-state index in [1.54, 1.807) is 0 Å². The number of aliphatic imine (C=N–C) groups is 1. The van der Waals surface area contributed by atoms with Crippen LogP contribution in [0.5, 0.6) is 0 Å². The Hall–Kier alpha value is -1.11. The molecule has 0 saturated carbocycles. The Balaban J connectivity index is 1.57. The number of rotatable bonds is 11. The van der Waals surface area contributed by atoms with Crippen molar-refractivity contribution >= 4 is 17.3 Å². The molecule has 148 valence electrons. The van der Waals surface area contributed by atoms with Gasteiger partial charge in [-0.2, -0.15) is 0 Å². The minimum Gasteiger partial charge on any atom is -0.381 e. The van der Waals surface area contributed by atoms with Gasteiger partial charge in [-0.25, -0.2) is 0 Å². The van der Waals surface area contributed by atoms with Gasteiger partial charge in [0.05, 0.1) is 0 Å². The summed E-state index contributed by atoms with van der Waals surface area (Å²) in [6.07, 6.45) is 4.37. The molecular weight excluding hydrogens is 346 g/mol. The van der Waals surface area contributed by atoms with Gasteiger partial charge < -0.3 is 20.1 Å². The van der Waals surface area contributed by atoms with Gasteiger partial charge in [-0.15, -0.1) is 11.3 Å². The summed E-state index contributed by atoms with van der Waals surface area (Å²) in [5.41, 5.74) is 0. The Morgan fingerprint density at radius 2 is 2.23 bits per heavy atom. The lowest BCUT2D eigenvalue weighted by atomic mass is 10.0. The summed E-state index contributed by atoms with van der Waals surface area (Å²) in [6, 6.07) is 4.32. The van der Waals surface area contributed by atoms with Crippen molar-refractivity contribution in [2.24, 2.45) is 16.8 Å². The summed E-state index contributed by atoms with van der Waals surface area (Å²) in [5, 5.41) is 8.88. The summed E-state index contributed by atoms with van der Waals surface area (Å²) < 4.78 is 11.2. The van der Waals surface area contributed by atoms with Gasteiger partial charge in [0.1, 0.15) is 0 Å². The number of guanidine groups is 1. The lowest BCUT2D eigenvalue weighted by molar-refractivity contribution is 0.0203. The zero-order valence-corrected chi connectivity index (χ0v) is 17.2. The van der Waals surface area contributed by atoms with Gasteiger partial charge in [-0.1, -0.05) is 13.0 Å². The van der Waals surface area contributed by atoms with Crippen LogP contribution in [-0.4, -0.2) is 52.0 Å². The number of thiophene rings is 1. The van der Waals surface area contributed by atoms with Gasteiger partial charge in [0.25, 0.3) is 0 Å². The molecule has 2 heterocycles. The minimum atomic E-state index is 0.548. The van der Waals surface area contributed by atoms with Gasteiger partial charge >= 0.3 is 0 Å². The molecule has 5 nitrogen and oxygen atoms in total. The van der Waals surface area contributed by atoms with Crippen LogP contribution in [0.4, 0.5) is 0 Å². The van der Waals surface area contributed by atoms with E-state index in [0.717, 1.165) is 77.7 Å². The number of hydrogen-bond donors (Lipinski definition) is 2. The average Bonchev–Trinajstić information content (AvgIpc) is 3.16. The van der Waals surface area contributed by atoms with Crippen LogP contribution in [0.15, 0.2) is 22.5 Å². The first-order valence-electron chi connectivity index (χ1n) is 9.98. The fourth-order valence-corrected chi connectivity index (χ4v) is 3.84. The minimum absolute atomic E-state index is 0.548. The molecule has 1 atom stereocenters. The van der Waals surface area contributed by atoms with E-state index < -0.39 is 0 Å². The van der Waals surface area contributed by atoms with E-state index in [0.29, 0.717) is 11.8 Å². The van der Waals surface area contributed by atoms with Crippen molar-refractivity contribution in [1.29, 1.82) is 0 Å². The molecule has 6 heteroatoms. The van der Waals surface area contributed by atoms with Crippen LogP contribution >= 0.6 is 11.3 Å². The first kappa shape index (κ1) is 21.2. The van der Waals surface area contributed by atoms with E-state index in [4.69, 9.17) is 14.5 Å². The Morgan fingerprint density at radius 3 is 2.96 bits per heavy atom. The molecule has 0 amide bonds. The molecule has 26 heavy (non-hydrogen) atoms. The first-order valence-corrected chi connectivity index (χ1v) is 10.9. The monoisotopic (exact) mass is 381 g/mol. The van der Waals surface area contributed by atoms with Crippen LogP contribution in [0.25, 0.3) is 0 Å². The average molecular weight is 382 g/mol. The third kappa shape index (κ3) is 9.01. The second kappa shape index (κ2) is 13.1. The molecule has 0 aliphatic carbocycles. The number of hydrogen-bond acceptors (Lipinski definition) is 4. The zero-order chi connectivity index (χ0) is 18.5. The van der Waals surface area contributed by atoms with E-state index in [2.05, 4.69) is 42.0 Å². The van der Waals surface area contributed by atoms with Crippen LogP contribution < -0.4 is 10.6 Å². The topological polar surface area (TPSA) is 54.9 Å². The normalized spacial score (nSPS) is 17.2. The zero-order valence-electron chi connectivity index (χ0n) is 16.3. The number of nitrogens with one attached hydrogen (secondary N) is 2. The van der Waals surface area contributed by atoms with Crippen molar-refractivity contribution in [2.45, 2.75) is 39.5 Å². The molecule has 1 aliphatic rings. The van der Waals surface area contributed by atoms with E-state index >= 15 is 0 Å². The van der Waals surface area contributed by atoms with E-state index in [-0.39, 0.29) is 0 Å². The molecule has 1 aliphatic heterocycles. The Labute approximate surface area is 162 Å². The van der Waals surface area contributed by atoms with Crippen molar-refractivity contribution < 1.29 is 9.47 Å². The maximum Gasteiger partial charge on any atom is 0.191 e. The molecule has 2 rings (SSSR count). The molecule has 0 bridgehead atoms. The standard InChI is InChI=1S/C20H35N3O2S/c1-3-21-20(23-15-17(2)14-19-6-4-13-26-19)22-9-5-10-25-16-18-7-11-24-12-8-18/h4,6,13,17-18H,3,5,7-12,14-16H2,1-2H3,(H2,21,22,23). The fraction of sp³-hybridized carbons (Fsp3) is 0.750. The van der Waals surface area contributed by atoms with Gasteiger partial charge in [-0.3, -0.25) is 4.99 Å². The summed E-state index contributed by atoms with van der Waals surface area (Å²) in [7, 11) is 0. The Bertz CT molecular complexity index is 487. The second-order valence-electron chi connectivity index (χ2n) is 7.02. The molecule has 1 saturated heterocycles. The smallest absolute Gasteiger partial charge is 0.191 e. The maximum absolute atomic E-state index is 5.82. The van der Waals surface area contributed by atoms with Crippen molar-refractivity contribution in [3.05, 3.63) is 22.4 Å². The molecule has 1 aromatic heterocycles. The molecule has 2 N–H and O–H groups in total. The summed E-state index contributed by atoms with van der Waals surface area (Å²) in [5.74, 6) is 2.14. The quantitative estimate of drug-likeness (QED) is 0.351. The highest BCUT2D eigenvalue weighted by atomic mass is 32.1. The predicted octanol–water partition coefficient (Wildman–Crippen LogP) is 3.32. The summed E-state index contributed by atoms with van der Waals surface area (Å²) in [6.45, 7) is 10.4. The molecule has 0 spiro atoms. The summed E-state index contributed by atoms with van der Waals surface area (Å²) >= 11 is 1.83. The highest BCUT2D eigenvalue weighted by Gasteiger charge is 2.13. The SMILES string of the molecule is CCNC(=NCC(C)Cc1cccs1)NCCCOCC1CCOCC1. The summed E-state index contributed by atoms with van der Waals surface area (Å²) in [4.78, 5) is 6.17. The van der Waals surface area contributed by atoms with Crippen molar-refractivity contribution in [3.8, 4) is 0 Å². The molecule has 1 unspecified atom stereocenters. The predicted molar refractivity (Wildman–Crippen MR) is 110 cm³/mol. The van der Waals surface area contributed by atoms with Gasteiger partial charge in [0.15, 0.2) is 5.96 Å². The Morgan fingerprint density at radius 1 is 1.38 bits per heavy atom. The third-order valence-electron chi connectivity index (χ3n) is 4.49. The largest absolute Gasteiger partial charge is 0.381 e. The maximum atomic E-state index is 5.82. The molecule has 1 aromatic rings. The van der Waals surface area contributed by atoms with Crippen molar-refractivity contribution in [3.63, 3.8) is 0 Å². The van der Waals surface area contributed by atoms with Gasteiger partial charge in [0.2, 0.25) is 0 Å². The highest BCUT2D eigenvalue weighted by molar-refractivity contribution is 7.09. The first-order chi connectivity index (χ1) is 12.8. The van der Waals surface area contributed by atoms with Crippen LogP contribution in [-0.2, 0) is 15.9 Å². The van der Waals surface area contributed by atoms with Crippen LogP contribution in [0, 0.1) is 11.8 Å². The lowest BCUT2D eigenvalue weighted by Crippen LogP contribution is -2.38. The van der Waals surface area contributed by atoms with E-state index in [9.17, 15) is 0 Å². The van der Waals surface area contributed by atoms with E-state index in [1.165, 1.54) is 4.88 Å². The number of ether oxygens (including phenoxy) is 2. The van der Waals surface area contributed by atoms with Gasteiger partial charge in [-0.05, 0) is 55.9 Å². The van der Waals surface area contributed by atoms with Crippen LogP contribution in [0.3, 0.4) is 0 Å². The molecular formula is C20H35N3O2S. The van der Waals surface area contributed by atoms with Gasteiger partial charge in [0, 0.05) is 50.9 Å². The lowest BCUT2D eigenvalue weighted by Gasteiger charge is -2.21. The Kier molecular flexibility index (Phi) is 10.7. The van der Waals surface area contributed by atoms with Crippen LogP contribution in [0.2, 0.25) is 0 Å². The molecule has 1 fully saturated rings. The molecule has 0 aromatic carbocycles.